The molecule has 0 aromatic heterocycles. The normalized spacial score (nSPS) is 16.7. The Morgan fingerprint density at radius 1 is 0.587 bits per heavy atom. The molecule has 3 nitrogen and oxygen atoms in total. The van der Waals surface area contributed by atoms with Gasteiger partial charge in [-0.3, -0.25) is 0 Å². The zero-order valence-corrected chi connectivity index (χ0v) is 28.2. The van der Waals surface area contributed by atoms with Crippen LogP contribution in [-0.4, -0.2) is 11.8 Å². The molecule has 1 aliphatic rings. The van der Waals surface area contributed by atoms with Crippen molar-refractivity contribution in [3.63, 3.8) is 0 Å². The third kappa shape index (κ3) is 5.80. The molecule has 6 rings (SSSR count). The third-order valence-electron chi connectivity index (χ3n) is 8.51. The van der Waals surface area contributed by atoms with Crippen LogP contribution < -0.4 is 9.80 Å². The average Bonchev–Trinajstić information content (AvgIpc) is 3.49. The molecule has 1 aliphatic heterocycles. The first-order valence-corrected chi connectivity index (χ1v) is 15.6. The second-order valence-electron chi connectivity index (χ2n) is 15.0. The topological polar surface area (TPSA) is 26.7 Å². The van der Waals surface area contributed by atoms with Crippen molar-refractivity contribution in [3.05, 3.63) is 126 Å². The smallest absolute Gasteiger partial charge is 0.117 e. The van der Waals surface area contributed by atoms with Gasteiger partial charge in [0.1, 0.15) is 12.4 Å². The molecule has 0 amide bonds. The van der Waals surface area contributed by atoms with Crippen LogP contribution in [0, 0.1) is 0 Å². The number of phenolic OH excluding ortho intramolecular Hbond substituents is 1. The lowest BCUT2D eigenvalue weighted by Crippen LogP contribution is -2.28. The van der Waals surface area contributed by atoms with Crippen molar-refractivity contribution in [2.75, 3.05) is 16.5 Å². The number of hydrogen-bond acceptors (Lipinski definition) is 3. The van der Waals surface area contributed by atoms with Crippen LogP contribution in [0.25, 0.3) is 22.3 Å². The number of anilines is 4. The second kappa shape index (κ2) is 11.4. The van der Waals surface area contributed by atoms with Crippen molar-refractivity contribution >= 4 is 22.7 Å². The predicted molar refractivity (Wildman–Crippen MR) is 197 cm³/mol. The van der Waals surface area contributed by atoms with Gasteiger partial charge in [0.2, 0.25) is 0 Å². The molecule has 1 N–H and O–H groups in total. The Morgan fingerprint density at radius 2 is 1.07 bits per heavy atom. The minimum Gasteiger partial charge on any atom is -0.508 e. The van der Waals surface area contributed by atoms with Crippen LogP contribution in [0.3, 0.4) is 0 Å². The van der Waals surface area contributed by atoms with Gasteiger partial charge >= 0.3 is 0 Å². The number of para-hydroxylation sites is 2. The van der Waals surface area contributed by atoms with Gasteiger partial charge in [0.25, 0.3) is 0 Å². The van der Waals surface area contributed by atoms with Crippen LogP contribution in [-0.2, 0) is 16.2 Å². The van der Waals surface area contributed by atoms with E-state index in [0.29, 0.717) is 39.3 Å². The molecule has 0 saturated heterocycles. The zero-order valence-electron chi connectivity index (χ0n) is 38.2. The highest BCUT2D eigenvalue weighted by Crippen LogP contribution is 2.55. The molecule has 0 atom stereocenters. The van der Waals surface area contributed by atoms with Crippen molar-refractivity contribution in [1.29, 1.82) is 0 Å². The molecule has 1 heterocycles. The molecule has 236 valence electrons. The second-order valence-corrected chi connectivity index (χ2v) is 15.0. The van der Waals surface area contributed by atoms with Crippen molar-refractivity contribution in [1.82, 2.24) is 0 Å². The number of benzene rings is 5. The number of nitrogens with zero attached hydrogens (tertiary/aromatic N) is 2. The number of aromatic hydroxyl groups is 1. The molecule has 0 fully saturated rings. The van der Waals surface area contributed by atoms with E-state index in [4.69, 9.17) is 8.22 Å². The third-order valence-corrected chi connectivity index (χ3v) is 8.51. The summed E-state index contributed by atoms with van der Waals surface area (Å²) in [4.78, 5) is 3.97. The Kier molecular flexibility index (Phi) is 5.28. The summed E-state index contributed by atoms with van der Waals surface area (Å²) in [5, 5.41) is 11.0. The Bertz CT molecular complexity index is 2280. The summed E-state index contributed by atoms with van der Waals surface area (Å²) >= 11 is 0. The van der Waals surface area contributed by atoms with Gasteiger partial charge in [0, 0.05) is 22.9 Å². The van der Waals surface area contributed by atoms with E-state index in [1.54, 1.807) is 12.1 Å². The molecule has 0 unspecified atom stereocenters. The summed E-state index contributed by atoms with van der Waals surface area (Å²) in [6.07, 6.45) is 0. The molecule has 0 spiro atoms. The zero-order chi connectivity index (χ0) is 41.7. The van der Waals surface area contributed by atoms with Gasteiger partial charge in [-0.1, -0.05) is 141 Å². The van der Waals surface area contributed by atoms with Crippen LogP contribution >= 0.6 is 0 Å². The fourth-order valence-electron chi connectivity index (χ4n) is 6.19. The van der Waals surface area contributed by atoms with Gasteiger partial charge in [-0.25, -0.2) is 0 Å². The largest absolute Gasteiger partial charge is 0.508 e. The molecule has 46 heavy (non-hydrogen) atoms. The van der Waals surface area contributed by atoms with Gasteiger partial charge in [-0.15, -0.1) is 0 Å². The van der Waals surface area contributed by atoms with E-state index in [1.165, 1.54) is 0 Å². The summed E-state index contributed by atoms with van der Waals surface area (Å²) in [6, 6.07) is 10.1. The average molecular weight is 619 g/mol. The molecular weight excluding hydrogens is 560 g/mol. The lowest BCUT2D eigenvalue weighted by Gasteiger charge is -2.36. The Balaban J connectivity index is 1.90. The van der Waals surface area contributed by atoms with E-state index in [2.05, 4.69) is 20.8 Å². The first-order valence-electron chi connectivity index (χ1n) is 20.6. The lowest BCUT2D eigenvalue weighted by atomic mass is 9.73. The van der Waals surface area contributed by atoms with Crippen molar-refractivity contribution in [3.8, 4) is 28.0 Å². The van der Waals surface area contributed by atoms with Gasteiger partial charge in [0.15, 0.2) is 0 Å². The summed E-state index contributed by atoms with van der Waals surface area (Å²) in [6.45, 7) is 18.1. The molecule has 0 bridgehead atoms. The standard InChI is InChI=1S/C43H48N2O/c1-41(2,3)31-24-32(26-33(46)25-31)44-28-45(37-23-17-16-22-36(37)44)40-38(29-18-12-10-13-19-29)34(42(4,5)6)27-35(43(7,8)9)39(40)30-20-14-11-15-21-30/h10-27,46H,28H2,1-9H3/i10D,11D,12D,13D,14D,15D,18D,19D,20D,21D. The van der Waals surface area contributed by atoms with Crippen LogP contribution in [0.15, 0.2) is 109 Å². The Labute approximate surface area is 290 Å². The molecule has 5 aromatic carbocycles. The number of hydrogen-bond donors (Lipinski definition) is 1. The maximum atomic E-state index is 11.0. The summed E-state index contributed by atoms with van der Waals surface area (Å²) in [7, 11) is 0. The first-order chi connectivity index (χ1) is 25.8. The number of phenols is 1. The Morgan fingerprint density at radius 3 is 1.52 bits per heavy atom. The van der Waals surface area contributed by atoms with Crippen molar-refractivity contribution in [2.24, 2.45) is 0 Å². The molecule has 3 heteroatoms. The monoisotopic (exact) mass is 618 g/mol. The van der Waals surface area contributed by atoms with Crippen LogP contribution in [0.5, 0.6) is 5.75 Å². The summed E-state index contributed by atoms with van der Waals surface area (Å²) in [5.74, 6) is 0.0766. The van der Waals surface area contributed by atoms with Crippen LogP contribution in [0.2, 0.25) is 0 Å². The fourth-order valence-corrected chi connectivity index (χ4v) is 6.19. The van der Waals surface area contributed by atoms with Gasteiger partial charge < -0.3 is 14.9 Å². The lowest BCUT2D eigenvalue weighted by molar-refractivity contribution is 0.471. The molecule has 5 aromatic rings. The SMILES string of the molecule is [2H]c1c([2H])c([2H])c(-c2c(C(C)(C)C)cc(C(C)(C)C)c(-c3c([2H])c([2H])c([2H])c([2H])c3[2H])c2N2CN(c3cc(O)cc(C(C)(C)C)c3)c3ccccc32)c([2H])c1[2H]. The summed E-state index contributed by atoms with van der Waals surface area (Å²) < 4.78 is 89.2. The fraction of sp³-hybridized carbons (Fsp3) is 0.302. The minimum absolute atomic E-state index is 0.0618. The highest BCUT2D eigenvalue weighted by molar-refractivity contribution is 6.01. The Hall–Kier alpha value is -4.50. The van der Waals surface area contributed by atoms with Crippen LogP contribution in [0.1, 0.15) is 92.7 Å². The first kappa shape index (κ1) is 21.3. The van der Waals surface area contributed by atoms with Gasteiger partial charge in [-0.05, 0) is 68.3 Å². The van der Waals surface area contributed by atoms with Gasteiger partial charge in [0.05, 0.1) is 30.8 Å². The van der Waals surface area contributed by atoms with E-state index in [-0.39, 0.29) is 29.0 Å². The molecular formula is C43H48N2O. The van der Waals surface area contributed by atoms with Gasteiger partial charge in [-0.2, -0.15) is 0 Å². The molecule has 0 aliphatic carbocycles. The number of fused-ring (bicyclic) bond motifs is 1. The predicted octanol–water partition coefficient (Wildman–Crippen LogP) is 11.9. The molecule has 0 saturated carbocycles. The maximum Gasteiger partial charge on any atom is 0.117 e. The van der Waals surface area contributed by atoms with E-state index >= 15 is 0 Å². The highest BCUT2D eigenvalue weighted by Gasteiger charge is 2.37. The molecule has 0 radical (unpaired) electrons. The van der Waals surface area contributed by atoms with Crippen molar-refractivity contribution in [2.45, 2.75) is 78.6 Å². The van der Waals surface area contributed by atoms with E-state index < -0.39 is 71.3 Å². The van der Waals surface area contributed by atoms with E-state index in [9.17, 15) is 10.6 Å². The van der Waals surface area contributed by atoms with Crippen LogP contribution in [0.4, 0.5) is 22.7 Å². The maximum absolute atomic E-state index is 11.0. The summed E-state index contributed by atoms with van der Waals surface area (Å²) in [5.41, 5.74) is 3.40. The number of rotatable bonds is 4. The minimum atomic E-state index is -0.697. The quantitative estimate of drug-likeness (QED) is 0.217. The van der Waals surface area contributed by atoms with E-state index in [1.807, 2.05) is 87.7 Å². The van der Waals surface area contributed by atoms with Crippen molar-refractivity contribution < 1.29 is 18.8 Å². The van der Waals surface area contributed by atoms with E-state index in [0.717, 1.165) is 11.3 Å². The highest BCUT2D eigenvalue weighted by atomic mass is 16.3.